The summed E-state index contributed by atoms with van der Waals surface area (Å²) >= 11 is 0. The minimum atomic E-state index is 0.240. The normalized spacial score (nSPS) is 23.7. The van der Waals surface area contributed by atoms with Gasteiger partial charge in [0.1, 0.15) is 0 Å². The van der Waals surface area contributed by atoms with Crippen LogP contribution in [0.25, 0.3) is 0 Å². The van der Waals surface area contributed by atoms with Gasteiger partial charge in [-0.3, -0.25) is 0 Å². The predicted octanol–water partition coefficient (Wildman–Crippen LogP) is 2.24. The molecule has 2 aliphatic rings. The summed E-state index contributed by atoms with van der Waals surface area (Å²) in [4.78, 5) is 15.9. The minimum absolute atomic E-state index is 0.240. The van der Waals surface area contributed by atoms with Gasteiger partial charge in [-0.1, -0.05) is 12.8 Å². The summed E-state index contributed by atoms with van der Waals surface area (Å²) in [6.07, 6.45) is 7.14. The van der Waals surface area contributed by atoms with Gasteiger partial charge in [-0.15, -0.1) is 0 Å². The van der Waals surface area contributed by atoms with Crippen LogP contribution < -0.4 is 0 Å². The first-order valence-corrected chi connectivity index (χ1v) is 5.77. The lowest BCUT2D eigenvalue weighted by atomic mass is 10.2. The Balaban J connectivity index is 1.88. The molecule has 2 aliphatic heterocycles. The molecule has 0 aromatic heterocycles. The van der Waals surface area contributed by atoms with Gasteiger partial charge in [0.25, 0.3) is 0 Å². The molecule has 0 saturated carbocycles. The molecule has 2 saturated heterocycles. The van der Waals surface area contributed by atoms with E-state index in [0.717, 1.165) is 32.5 Å². The number of urea groups is 1. The largest absolute Gasteiger partial charge is 0.325 e. The van der Waals surface area contributed by atoms with Crippen LogP contribution in [0.3, 0.4) is 0 Å². The van der Waals surface area contributed by atoms with Crippen molar-refractivity contribution in [2.75, 3.05) is 19.6 Å². The van der Waals surface area contributed by atoms with Gasteiger partial charge in [-0.2, -0.15) is 0 Å². The predicted molar refractivity (Wildman–Crippen MR) is 55.7 cm³/mol. The van der Waals surface area contributed by atoms with Gasteiger partial charge >= 0.3 is 6.03 Å². The number of amides is 2. The number of carbonyl (C=O) groups is 1. The number of hydrogen-bond donors (Lipinski definition) is 0. The zero-order valence-electron chi connectivity index (χ0n) is 8.74. The summed E-state index contributed by atoms with van der Waals surface area (Å²) in [7, 11) is 0. The SMILES string of the molecule is O=C(N1[CH]CCC1)N1CCCCCC1. The van der Waals surface area contributed by atoms with Crippen molar-refractivity contribution < 1.29 is 4.79 Å². The number of hydrogen-bond acceptors (Lipinski definition) is 1. The number of likely N-dealkylation sites (tertiary alicyclic amines) is 2. The van der Waals surface area contributed by atoms with E-state index in [9.17, 15) is 4.79 Å². The standard InChI is InChI=1S/C11H19N2O/c14-11(13-9-5-6-10-13)12-7-3-1-2-4-8-12/h9H,1-8,10H2. The lowest BCUT2D eigenvalue weighted by Crippen LogP contribution is -2.40. The van der Waals surface area contributed by atoms with E-state index in [1.807, 2.05) is 16.3 Å². The molecule has 0 aromatic rings. The third-order valence-electron chi connectivity index (χ3n) is 3.07. The lowest BCUT2D eigenvalue weighted by molar-refractivity contribution is 0.171. The van der Waals surface area contributed by atoms with Crippen LogP contribution in [0.15, 0.2) is 0 Å². The van der Waals surface area contributed by atoms with Gasteiger partial charge in [0.2, 0.25) is 0 Å². The molecule has 0 aromatic carbocycles. The summed E-state index contributed by atoms with van der Waals surface area (Å²) in [5.41, 5.74) is 0. The second kappa shape index (κ2) is 4.67. The summed E-state index contributed by atoms with van der Waals surface area (Å²) < 4.78 is 0. The van der Waals surface area contributed by atoms with Gasteiger partial charge in [0.15, 0.2) is 0 Å². The monoisotopic (exact) mass is 195 g/mol. The molecule has 79 valence electrons. The Hall–Kier alpha value is -0.730. The van der Waals surface area contributed by atoms with Gasteiger partial charge in [-0.25, -0.2) is 4.79 Å². The van der Waals surface area contributed by atoms with E-state index in [4.69, 9.17) is 0 Å². The molecule has 1 radical (unpaired) electrons. The maximum absolute atomic E-state index is 12.0. The van der Waals surface area contributed by atoms with Crippen LogP contribution in [0.5, 0.6) is 0 Å². The highest BCUT2D eigenvalue weighted by atomic mass is 16.2. The number of nitrogens with zero attached hydrogens (tertiary/aromatic N) is 2. The van der Waals surface area contributed by atoms with Crippen molar-refractivity contribution in [2.45, 2.75) is 38.5 Å². The topological polar surface area (TPSA) is 23.6 Å². The Bertz CT molecular complexity index is 191. The van der Waals surface area contributed by atoms with E-state index < -0.39 is 0 Å². The first-order chi connectivity index (χ1) is 6.88. The zero-order valence-corrected chi connectivity index (χ0v) is 8.74. The highest BCUT2D eigenvalue weighted by molar-refractivity contribution is 5.75. The van der Waals surface area contributed by atoms with Crippen molar-refractivity contribution >= 4 is 6.03 Å². The molecule has 0 atom stereocenters. The minimum Gasteiger partial charge on any atom is -0.325 e. The molecular formula is C11H19N2O. The zero-order chi connectivity index (χ0) is 9.80. The van der Waals surface area contributed by atoms with Crippen LogP contribution >= 0.6 is 0 Å². The molecule has 0 aliphatic carbocycles. The Morgan fingerprint density at radius 2 is 1.64 bits per heavy atom. The lowest BCUT2D eigenvalue weighted by Gasteiger charge is -2.26. The van der Waals surface area contributed by atoms with Crippen molar-refractivity contribution in [3.05, 3.63) is 6.54 Å². The molecule has 0 spiro atoms. The van der Waals surface area contributed by atoms with Gasteiger partial charge in [-0.05, 0) is 25.7 Å². The smallest absolute Gasteiger partial charge is 0.320 e. The highest BCUT2D eigenvalue weighted by Crippen LogP contribution is 2.17. The first kappa shape index (κ1) is 9.81. The summed E-state index contributed by atoms with van der Waals surface area (Å²) in [6, 6.07) is 0.240. The molecule has 2 fully saturated rings. The molecule has 3 heteroatoms. The molecule has 0 N–H and O–H groups in total. The fraction of sp³-hybridized carbons (Fsp3) is 0.818. The molecule has 0 bridgehead atoms. The molecular weight excluding hydrogens is 176 g/mol. The van der Waals surface area contributed by atoms with Gasteiger partial charge in [0, 0.05) is 19.6 Å². The maximum Gasteiger partial charge on any atom is 0.320 e. The Kier molecular flexibility index (Phi) is 3.27. The van der Waals surface area contributed by atoms with Crippen LogP contribution in [0, 0.1) is 6.54 Å². The van der Waals surface area contributed by atoms with E-state index in [0.29, 0.717) is 0 Å². The second-order valence-corrected chi connectivity index (χ2v) is 4.20. The summed E-state index contributed by atoms with van der Waals surface area (Å²) in [5.74, 6) is 0. The first-order valence-electron chi connectivity index (χ1n) is 5.77. The molecule has 2 heterocycles. The molecule has 2 amide bonds. The van der Waals surface area contributed by atoms with E-state index in [-0.39, 0.29) is 6.03 Å². The Labute approximate surface area is 86.1 Å². The second-order valence-electron chi connectivity index (χ2n) is 4.20. The van der Waals surface area contributed by atoms with Crippen LogP contribution in [0.2, 0.25) is 0 Å². The van der Waals surface area contributed by atoms with E-state index >= 15 is 0 Å². The average molecular weight is 195 g/mol. The molecule has 14 heavy (non-hydrogen) atoms. The van der Waals surface area contributed by atoms with Crippen LogP contribution in [0.1, 0.15) is 38.5 Å². The van der Waals surface area contributed by atoms with Gasteiger partial charge < -0.3 is 9.80 Å². The Morgan fingerprint density at radius 3 is 2.21 bits per heavy atom. The molecule has 0 unspecified atom stereocenters. The van der Waals surface area contributed by atoms with Gasteiger partial charge in [0.05, 0.1) is 6.54 Å². The van der Waals surface area contributed by atoms with Crippen molar-refractivity contribution in [3.8, 4) is 0 Å². The van der Waals surface area contributed by atoms with Crippen molar-refractivity contribution in [1.29, 1.82) is 0 Å². The summed E-state index contributed by atoms with van der Waals surface area (Å²) in [5, 5.41) is 0. The van der Waals surface area contributed by atoms with Crippen molar-refractivity contribution in [1.82, 2.24) is 9.80 Å². The molecule has 3 nitrogen and oxygen atoms in total. The van der Waals surface area contributed by atoms with Crippen molar-refractivity contribution in [2.24, 2.45) is 0 Å². The fourth-order valence-corrected chi connectivity index (χ4v) is 2.22. The molecule has 2 rings (SSSR count). The van der Waals surface area contributed by atoms with E-state index in [1.54, 1.807) is 0 Å². The third kappa shape index (κ3) is 2.20. The van der Waals surface area contributed by atoms with E-state index in [1.165, 1.54) is 25.7 Å². The quantitative estimate of drug-likeness (QED) is 0.581. The number of rotatable bonds is 0. The fourth-order valence-electron chi connectivity index (χ4n) is 2.22. The highest BCUT2D eigenvalue weighted by Gasteiger charge is 2.24. The number of carbonyl (C=O) groups excluding carboxylic acids is 1. The van der Waals surface area contributed by atoms with Crippen LogP contribution in [0.4, 0.5) is 4.79 Å². The van der Waals surface area contributed by atoms with Crippen LogP contribution in [-0.2, 0) is 0 Å². The average Bonchev–Trinajstić information content (AvgIpc) is 2.59. The summed E-state index contributed by atoms with van der Waals surface area (Å²) in [6.45, 7) is 4.90. The Morgan fingerprint density at radius 1 is 0.929 bits per heavy atom. The third-order valence-corrected chi connectivity index (χ3v) is 3.07. The van der Waals surface area contributed by atoms with Crippen molar-refractivity contribution in [3.63, 3.8) is 0 Å². The van der Waals surface area contributed by atoms with Crippen LogP contribution in [-0.4, -0.2) is 35.5 Å². The maximum atomic E-state index is 12.0. The van der Waals surface area contributed by atoms with E-state index in [2.05, 4.69) is 0 Å².